The zero-order chi connectivity index (χ0) is 16.8. The molecule has 120 valence electrons. The van der Waals surface area contributed by atoms with Gasteiger partial charge in [0.1, 0.15) is 0 Å². The number of carbonyl (C=O) groups excluding carboxylic acids is 1. The van der Waals surface area contributed by atoms with Crippen LogP contribution in [0, 0.1) is 0 Å². The van der Waals surface area contributed by atoms with E-state index in [0.717, 1.165) is 5.56 Å². The van der Waals surface area contributed by atoms with Crippen molar-refractivity contribution >= 4 is 35.3 Å². The molecule has 0 aliphatic heterocycles. The number of hydrogen-bond donors (Lipinski definition) is 1. The van der Waals surface area contributed by atoms with Crippen LogP contribution in [0.15, 0.2) is 41.5 Å². The fourth-order valence-corrected chi connectivity index (χ4v) is 2.33. The maximum absolute atomic E-state index is 12.0. The van der Waals surface area contributed by atoms with Crippen molar-refractivity contribution in [1.82, 2.24) is 5.43 Å². The Labute approximate surface area is 143 Å². The number of nitrogens with zero attached hydrogens (tertiary/aromatic N) is 1. The van der Waals surface area contributed by atoms with Gasteiger partial charge in [0.15, 0.2) is 11.5 Å². The molecule has 0 unspecified atom stereocenters. The first kappa shape index (κ1) is 17.1. The third kappa shape index (κ3) is 4.37. The molecular weight excluding hydrogens is 339 g/mol. The molecular formula is C16H14Cl2N2O3. The summed E-state index contributed by atoms with van der Waals surface area (Å²) < 4.78 is 10.3. The van der Waals surface area contributed by atoms with Gasteiger partial charge in [-0.15, -0.1) is 0 Å². The van der Waals surface area contributed by atoms with Gasteiger partial charge in [0.2, 0.25) is 0 Å². The van der Waals surface area contributed by atoms with E-state index in [-0.39, 0.29) is 5.02 Å². The van der Waals surface area contributed by atoms with Gasteiger partial charge in [-0.3, -0.25) is 4.79 Å². The first-order chi connectivity index (χ1) is 11.0. The van der Waals surface area contributed by atoms with Crippen LogP contribution in [-0.2, 0) is 0 Å². The Morgan fingerprint density at radius 2 is 1.83 bits per heavy atom. The lowest BCUT2D eigenvalue weighted by Crippen LogP contribution is -2.18. The van der Waals surface area contributed by atoms with Gasteiger partial charge in [-0.25, -0.2) is 5.43 Å². The molecule has 0 aromatic heterocycles. The molecule has 0 saturated heterocycles. The summed E-state index contributed by atoms with van der Waals surface area (Å²) >= 11 is 11.8. The van der Waals surface area contributed by atoms with Crippen molar-refractivity contribution in [3.63, 3.8) is 0 Å². The van der Waals surface area contributed by atoms with Gasteiger partial charge < -0.3 is 9.47 Å². The molecule has 2 rings (SSSR count). The average molecular weight is 353 g/mol. The minimum Gasteiger partial charge on any atom is -0.493 e. The van der Waals surface area contributed by atoms with Crippen LogP contribution in [0.25, 0.3) is 0 Å². The van der Waals surface area contributed by atoms with E-state index in [9.17, 15) is 4.79 Å². The van der Waals surface area contributed by atoms with Crippen molar-refractivity contribution in [2.24, 2.45) is 5.10 Å². The van der Waals surface area contributed by atoms with Crippen LogP contribution in [0.5, 0.6) is 11.5 Å². The van der Waals surface area contributed by atoms with Crippen LogP contribution in [0.4, 0.5) is 0 Å². The number of rotatable bonds is 5. The Morgan fingerprint density at radius 1 is 1.09 bits per heavy atom. The average Bonchev–Trinajstić information content (AvgIpc) is 2.54. The molecule has 0 radical (unpaired) electrons. The maximum Gasteiger partial charge on any atom is 0.272 e. The van der Waals surface area contributed by atoms with E-state index in [2.05, 4.69) is 10.5 Å². The van der Waals surface area contributed by atoms with Crippen molar-refractivity contribution in [3.8, 4) is 11.5 Å². The van der Waals surface area contributed by atoms with E-state index in [1.54, 1.807) is 38.5 Å². The molecule has 0 aliphatic carbocycles. The minimum atomic E-state index is -0.427. The van der Waals surface area contributed by atoms with Gasteiger partial charge in [-0.05, 0) is 42.0 Å². The fourth-order valence-electron chi connectivity index (χ4n) is 1.83. The number of benzene rings is 2. The first-order valence-electron chi connectivity index (χ1n) is 6.55. The Balaban J connectivity index is 2.08. The Hall–Kier alpha value is -2.24. The summed E-state index contributed by atoms with van der Waals surface area (Å²) in [4.78, 5) is 12.0. The van der Waals surface area contributed by atoms with Gasteiger partial charge in [0, 0.05) is 5.02 Å². The van der Waals surface area contributed by atoms with Crippen LogP contribution in [0.3, 0.4) is 0 Å². The lowest BCUT2D eigenvalue weighted by atomic mass is 10.2. The molecule has 0 atom stereocenters. The number of carbonyl (C=O) groups is 1. The van der Waals surface area contributed by atoms with E-state index >= 15 is 0 Å². The predicted molar refractivity (Wildman–Crippen MR) is 91.1 cm³/mol. The standard InChI is InChI=1S/C16H14Cl2N2O3/c1-22-14-6-3-10(7-15(14)23-2)9-19-20-16(21)12-5-4-11(17)8-13(12)18/h3-9H,1-2H3,(H,20,21)/b19-9+. The van der Waals surface area contributed by atoms with E-state index in [0.29, 0.717) is 22.1 Å². The molecule has 5 nitrogen and oxygen atoms in total. The van der Waals surface area contributed by atoms with Crippen molar-refractivity contribution in [1.29, 1.82) is 0 Å². The van der Waals surface area contributed by atoms with Crippen LogP contribution in [0.2, 0.25) is 10.0 Å². The van der Waals surface area contributed by atoms with Gasteiger partial charge >= 0.3 is 0 Å². The van der Waals surface area contributed by atoms with Crippen molar-refractivity contribution in [3.05, 3.63) is 57.6 Å². The molecule has 2 aromatic rings. The van der Waals surface area contributed by atoms with E-state index in [1.165, 1.54) is 18.3 Å². The second kappa shape index (κ2) is 7.85. The van der Waals surface area contributed by atoms with Gasteiger partial charge in [0.25, 0.3) is 5.91 Å². The molecule has 0 saturated carbocycles. The van der Waals surface area contributed by atoms with Crippen LogP contribution in [-0.4, -0.2) is 26.3 Å². The highest BCUT2D eigenvalue weighted by atomic mass is 35.5. The van der Waals surface area contributed by atoms with E-state index < -0.39 is 5.91 Å². The summed E-state index contributed by atoms with van der Waals surface area (Å²) in [5.41, 5.74) is 3.44. The maximum atomic E-state index is 12.0. The summed E-state index contributed by atoms with van der Waals surface area (Å²) in [5.74, 6) is 0.758. The summed E-state index contributed by atoms with van der Waals surface area (Å²) in [6, 6.07) is 9.89. The Morgan fingerprint density at radius 3 is 2.48 bits per heavy atom. The van der Waals surface area contributed by atoms with Crippen molar-refractivity contribution in [2.45, 2.75) is 0 Å². The normalized spacial score (nSPS) is 10.6. The highest BCUT2D eigenvalue weighted by Gasteiger charge is 2.09. The number of hydrogen-bond acceptors (Lipinski definition) is 4. The smallest absolute Gasteiger partial charge is 0.272 e. The summed E-state index contributed by atoms with van der Waals surface area (Å²) in [5, 5.41) is 4.62. The zero-order valence-corrected chi connectivity index (χ0v) is 14.0. The number of nitrogens with one attached hydrogen (secondary N) is 1. The number of hydrazone groups is 1. The summed E-state index contributed by atoms with van der Waals surface area (Å²) in [6.07, 6.45) is 1.49. The number of halogens is 2. The fraction of sp³-hybridized carbons (Fsp3) is 0.125. The summed E-state index contributed by atoms with van der Waals surface area (Å²) in [6.45, 7) is 0. The van der Waals surface area contributed by atoms with Crippen molar-refractivity contribution in [2.75, 3.05) is 14.2 Å². The predicted octanol–water partition coefficient (Wildman–Crippen LogP) is 3.77. The Bertz CT molecular complexity index is 748. The van der Waals surface area contributed by atoms with Crippen LogP contribution < -0.4 is 14.9 Å². The molecule has 0 heterocycles. The number of amides is 1. The second-order valence-corrected chi connectivity index (χ2v) is 5.28. The van der Waals surface area contributed by atoms with Gasteiger partial charge in [-0.1, -0.05) is 23.2 Å². The number of methoxy groups -OCH3 is 2. The molecule has 0 aliphatic rings. The third-order valence-corrected chi connectivity index (χ3v) is 3.51. The molecule has 0 spiro atoms. The third-order valence-electron chi connectivity index (χ3n) is 2.96. The van der Waals surface area contributed by atoms with Gasteiger partial charge in [0.05, 0.1) is 31.0 Å². The Kier molecular flexibility index (Phi) is 5.84. The SMILES string of the molecule is COc1ccc(/C=N/NC(=O)c2ccc(Cl)cc2Cl)cc1OC. The lowest BCUT2D eigenvalue weighted by Gasteiger charge is -2.07. The first-order valence-corrected chi connectivity index (χ1v) is 7.31. The molecule has 0 bridgehead atoms. The molecule has 1 N–H and O–H groups in total. The van der Waals surface area contributed by atoms with Crippen LogP contribution >= 0.6 is 23.2 Å². The minimum absolute atomic E-state index is 0.260. The van der Waals surface area contributed by atoms with Crippen molar-refractivity contribution < 1.29 is 14.3 Å². The molecule has 1 amide bonds. The van der Waals surface area contributed by atoms with Crippen LogP contribution in [0.1, 0.15) is 15.9 Å². The summed E-state index contributed by atoms with van der Waals surface area (Å²) in [7, 11) is 3.10. The molecule has 7 heteroatoms. The highest BCUT2D eigenvalue weighted by Crippen LogP contribution is 2.26. The molecule has 0 fully saturated rings. The molecule has 2 aromatic carbocycles. The highest BCUT2D eigenvalue weighted by molar-refractivity contribution is 6.36. The lowest BCUT2D eigenvalue weighted by molar-refractivity contribution is 0.0955. The monoisotopic (exact) mass is 352 g/mol. The largest absolute Gasteiger partial charge is 0.493 e. The second-order valence-electron chi connectivity index (χ2n) is 4.44. The topological polar surface area (TPSA) is 59.9 Å². The van der Waals surface area contributed by atoms with Gasteiger partial charge in [-0.2, -0.15) is 5.10 Å². The van der Waals surface area contributed by atoms with E-state index in [4.69, 9.17) is 32.7 Å². The molecule has 23 heavy (non-hydrogen) atoms. The number of ether oxygens (including phenoxy) is 2. The zero-order valence-electron chi connectivity index (χ0n) is 12.5. The van der Waals surface area contributed by atoms with E-state index in [1.807, 2.05) is 0 Å². The quantitative estimate of drug-likeness (QED) is 0.658.